The number of hydrogen-bond acceptors (Lipinski definition) is 4. The van der Waals surface area contributed by atoms with Crippen LogP contribution in [0.1, 0.15) is 22.8 Å². The lowest BCUT2D eigenvalue weighted by Crippen LogP contribution is -2.17. The molecular weight excluding hydrogens is 339 g/mol. The van der Waals surface area contributed by atoms with Gasteiger partial charge in [0.2, 0.25) is 0 Å². The molecule has 0 bridgehead atoms. The topological polar surface area (TPSA) is 70.9 Å². The monoisotopic (exact) mass is 352 g/mol. The average Bonchev–Trinajstić information content (AvgIpc) is 2.52. The Labute approximate surface area is 143 Å². The van der Waals surface area contributed by atoms with Gasteiger partial charge in [0.05, 0.1) is 23.4 Å². The van der Waals surface area contributed by atoms with Gasteiger partial charge in [-0.15, -0.1) is 0 Å². The lowest BCUT2D eigenvalue weighted by Gasteiger charge is -2.05. The zero-order valence-electron chi connectivity index (χ0n) is 12.2. The van der Waals surface area contributed by atoms with Crippen molar-refractivity contribution in [3.05, 3.63) is 57.6 Å². The second kappa shape index (κ2) is 7.85. The van der Waals surface area contributed by atoms with Gasteiger partial charge in [-0.05, 0) is 48.9 Å². The van der Waals surface area contributed by atoms with Crippen LogP contribution in [0.25, 0.3) is 0 Å². The fourth-order valence-electron chi connectivity index (χ4n) is 1.78. The summed E-state index contributed by atoms with van der Waals surface area (Å²) in [7, 11) is 0. The van der Waals surface area contributed by atoms with Gasteiger partial charge >= 0.3 is 0 Å². The second-order valence-electron chi connectivity index (χ2n) is 4.48. The van der Waals surface area contributed by atoms with Crippen molar-refractivity contribution in [2.24, 2.45) is 5.10 Å². The Morgan fingerprint density at radius 2 is 2.00 bits per heavy atom. The lowest BCUT2D eigenvalue weighted by molar-refractivity contribution is 0.0952. The molecule has 0 aromatic heterocycles. The zero-order chi connectivity index (χ0) is 16.8. The van der Waals surface area contributed by atoms with Crippen LogP contribution < -0.4 is 10.2 Å². The SMILES string of the molecule is CCOc1ccc(/C=N/NC(=O)c2cc(Cl)cc(Cl)c2O)cc1. The summed E-state index contributed by atoms with van der Waals surface area (Å²) in [5.74, 6) is -0.203. The minimum absolute atomic E-state index is 0.00172. The van der Waals surface area contributed by atoms with E-state index in [1.54, 1.807) is 24.3 Å². The van der Waals surface area contributed by atoms with Crippen LogP contribution in [-0.4, -0.2) is 23.8 Å². The molecule has 0 saturated carbocycles. The van der Waals surface area contributed by atoms with Gasteiger partial charge in [0, 0.05) is 5.02 Å². The molecule has 0 spiro atoms. The Morgan fingerprint density at radius 3 is 2.65 bits per heavy atom. The van der Waals surface area contributed by atoms with Crippen molar-refractivity contribution < 1.29 is 14.6 Å². The Kier molecular flexibility index (Phi) is 5.84. The van der Waals surface area contributed by atoms with Crippen LogP contribution in [-0.2, 0) is 0 Å². The highest BCUT2D eigenvalue weighted by molar-refractivity contribution is 6.36. The summed E-state index contributed by atoms with van der Waals surface area (Å²) in [6.07, 6.45) is 1.47. The third kappa shape index (κ3) is 4.61. The maximum absolute atomic E-state index is 12.0. The molecule has 0 aliphatic heterocycles. The summed E-state index contributed by atoms with van der Waals surface area (Å²) in [5, 5.41) is 13.8. The number of amides is 1. The van der Waals surface area contributed by atoms with E-state index in [1.165, 1.54) is 18.3 Å². The summed E-state index contributed by atoms with van der Waals surface area (Å²) < 4.78 is 5.33. The predicted octanol–water partition coefficient (Wildman–Crippen LogP) is 3.86. The summed E-state index contributed by atoms with van der Waals surface area (Å²) in [5.41, 5.74) is 3.03. The number of benzene rings is 2. The minimum atomic E-state index is -0.617. The van der Waals surface area contributed by atoms with E-state index in [0.717, 1.165) is 11.3 Å². The number of ether oxygens (including phenoxy) is 1. The molecule has 0 radical (unpaired) electrons. The van der Waals surface area contributed by atoms with E-state index in [-0.39, 0.29) is 21.4 Å². The molecule has 23 heavy (non-hydrogen) atoms. The van der Waals surface area contributed by atoms with Crippen molar-refractivity contribution >= 4 is 35.3 Å². The van der Waals surface area contributed by atoms with E-state index in [1.807, 2.05) is 6.92 Å². The fourth-order valence-corrected chi connectivity index (χ4v) is 2.27. The molecule has 2 rings (SSSR count). The molecule has 0 atom stereocenters. The Bertz CT molecular complexity index is 731. The van der Waals surface area contributed by atoms with E-state index >= 15 is 0 Å². The molecule has 0 fully saturated rings. The normalized spacial score (nSPS) is 10.7. The molecule has 0 aliphatic rings. The number of hydrogen-bond donors (Lipinski definition) is 2. The van der Waals surface area contributed by atoms with Crippen LogP contribution in [0.5, 0.6) is 11.5 Å². The molecule has 5 nitrogen and oxygen atoms in total. The first-order valence-electron chi connectivity index (χ1n) is 6.75. The number of halogens is 2. The summed E-state index contributed by atoms with van der Waals surface area (Å²) >= 11 is 11.6. The van der Waals surface area contributed by atoms with Crippen molar-refractivity contribution in [3.63, 3.8) is 0 Å². The molecule has 2 N–H and O–H groups in total. The number of carbonyl (C=O) groups is 1. The van der Waals surface area contributed by atoms with Crippen molar-refractivity contribution in [2.45, 2.75) is 6.92 Å². The van der Waals surface area contributed by atoms with Crippen LogP contribution in [0.3, 0.4) is 0 Å². The van der Waals surface area contributed by atoms with E-state index in [0.29, 0.717) is 6.61 Å². The average molecular weight is 353 g/mol. The van der Waals surface area contributed by atoms with Crippen LogP contribution in [0.4, 0.5) is 0 Å². The van der Waals surface area contributed by atoms with Gasteiger partial charge in [0.15, 0.2) is 0 Å². The van der Waals surface area contributed by atoms with Crippen molar-refractivity contribution in [1.29, 1.82) is 0 Å². The van der Waals surface area contributed by atoms with Crippen LogP contribution in [0.2, 0.25) is 10.0 Å². The van der Waals surface area contributed by atoms with Gasteiger partial charge in [-0.3, -0.25) is 4.79 Å². The predicted molar refractivity (Wildman–Crippen MR) is 90.8 cm³/mol. The van der Waals surface area contributed by atoms with Gasteiger partial charge in [-0.2, -0.15) is 5.10 Å². The summed E-state index contributed by atoms with van der Waals surface area (Å²) in [4.78, 5) is 12.0. The van der Waals surface area contributed by atoms with Gasteiger partial charge < -0.3 is 9.84 Å². The third-order valence-electron chi connectivity index (χ3n) is 2.84. The highest BCUT2D eigenvalue weighted by Gasteiger charge is 2.14. The smallest absolute Gasteiger partial charge is 0.275 e. The molecule has 0 aliphatic carbocycles. The van der Waals surface area contributed by atoms with E-state index < -0.39 is 5.91 Å². The van der Waals surface area contributed by atoms with Crippen molar-refractivity contribution in [1.82, 2.24) is 5.43 Å². The molecule has 0 unspecified atom stereocenters. The number of nitrogens with zero attached hydrogens (tertiary/aromatic N) is 1. The van der Waals surface area contributed by atoms with E-state index in [9.17, 15) is 9.90 Å². The van der Waals surface area contributed by atoms with E-state index in [4.69, 9.17) is 27.9 Å². The number of phenolic OH excluding ortho intramolecular Hbond substituents is 1. The Balaban J connectivity index is 2.04. The molecule has 7 heteroatoms. The van der Waals surface area contributed by atoms with Crippen LogP contribution in [0.15, 0.2) is 41.5 Å². The third-order valence-corrected chi connectivity index (χ3v) is 3.35. The molecule has 0 heterocycles. The molecular formula is C16H14Cl2N2O3. The van der Waals surface area contributed by atoms with Gasteiger partial charge in [-0.25, -0.2) is 5.43 Å². The number of hydrazone groups is 1. The number of carbonyl (C=O) groups excluding carboxylic acids is 1. The first-order valence-corrected chi connectivity index (χ1v) is 7.51. The van der Waals surface area contributed by atoms with Gasteiger partial charge in [0.1, 0.15) is 11.5 Å². The Hall–Kier alpha value is -2.24. The zero-order valence-corrected chi connectivity index (χ0v) is 13.7. The minimum Gasteiger partial charge on any atom is -0.506 e. The van der Waals surface area contributed by atoms with Crippen LogP contribution >= 0.6 is 23.2 Å². The highest BCUT2D eigenvalue weighted by Crippen LogP contribution is 2.30. The quantitative estimate of drug-likeness (QED) is 0.633. The summed E-state index contributed by atoms with van der Waals surface area (Å²) in [6.45, 7) is 2.50. The number of nitrogens with one attached hydrogen (secondary N) is 1. The van der Waals surface area contributed by atoms with E-state index in [2.05, 4.69) is 10.5 Å². The number of aromatic hydroxyl groups is 1. The van der Waals surface area contributed by atoms with Crippen molar-refractivity contribution in [2.75, 3.05) is 6.61 Å². The van der Waals surface area contributed by atoms with Crippen molar-refractivity contribution in [3.8, 4) is 11.5 Å². The second-order valence-corrected chi connectivity index (χ2v) is 5.33. The fraction of sp³-hybridized carbons (Fsp3) is 0.125. The maximum Gasteiger partial charge on any atom is 0.275 e. The van der Waals surface area contributed by atoms with Gasteiger partial charge in [0.25, 0.3) is 5.91 Å². The molecule has 120 valence electrons. The first kappa shape index (κ1) is 17.1. The molecule has 2 aromatic carbocycles. The maximum atomic E-state index is 12.0. The largest absolute Gasteiger partial charge is 0.506 e. The van der Waals surface area contributed by atoms with Crippen LogP contribution in [0, 0.1) is 0 Å². The molecule has 2 aromatic rings. The Morgan fingerprint density at radius 1 is 1.30 bits per heavy atom. The number of phenols is 1. The standard InChI is InChI=1S/C16H14Cl2N2O3/c1-2-23-12-5-3-10(4-6-12)9-19-20-16(22)13-7-11(17)8-14(18)15(13)21/h3-9,21H,2H2,1H3,(H,20,22)/b19-9+. The summed E-state index contributed by atoms with van der Waals surface area (Å²) in [6, 6.07) is 9.86. The lowest BCUT2D eigenvalue weighted by atomic mass is 10.2. The number of rotatable bonds is 5. The molecule has 1 amide bonds. The molecule has 0 saturated heterocycles. The highest BCUT2D eigenvalue weighted by atomic mass is 35.5. The van der Waals surface area contributed by atoms with Gasteiger partial charge in [-0.1, -0.05) is 23.2 Å². The first-order chi connectivity index (χ1) is 11.0.